The predicted molar refractivity (Wildman–Crippen MR) is 58.7 cm³/mol. The summed E-state index contributed by atoms with van der Waals surface area (Å²) in [5, 5.41) is 8.53. The minimum absolute atomic E-state index is 0.370. The van der Waals surface area contributed by atoms with Gasteiger partial charge in [0.15, 0.2) is 0 Å². The lowest BCUT2D eigenvalue weighted by Gasteiger charge is -2.16. The normalized spacial score (nSPS) is 13.6. The van der Waals surface area contributed by atoms with Gasteiger partial charge in [-0.2, -0.15) is 0 Å². The van der Waals surface area contributed by atoms with Crippen molar-refractivity contribution in [2.24, 2.45) is 0 Å². The summed E-state index contributed by atoms with van der Waals surface area (Å²) in [6.07, 6.45) is 2.25. The van der Waals surface area contributed by atoms with Gasteiger partial charge in [0.05, 0.1) is 0 Å². The first-order valence-corrected chi connectivity index (χ1v) is 5.56. The van der Waals surface area contributed by atoms with Gasteiger partial charge in [-0.05, 0) is 24.9 Å². The van der Waals surface area contributed by atoms with Crippen molar-refractivity contribution >= 4 is 11.6 Å². The molecule has 0 radical (unpaired) electrons. The van der Waals surface area contributed by atoms with Gasteiger partial charge in [-0.15, -0.1) is 10.2 Å². The summed E-state index contributed by atoms with van der Waals surface area (Å²) in [5.41, 5.74) is 0. The van der Waals surface area contributed by atoms with Gasteiger partial charge in [-0.25, -0.2) is 0 Å². The summed E-state index contributed by atoms with van der Waals surface area (Å²) in [4.78, 5) is 0. The molecule has 1 rings (SSSR count). The van der Waals surface area contributed by atoms with E-state index in [0.29, 0.717) is 17.2 Å². The molecule has 1 unspecified atom stereocenters. The van der Waals surface area contributed by atoms with Crippen LogP contribution in [0.15, 0.2) is 0 Å². The maximum Gasteiger partial charge on any atom is 0.225 e. The molecule has 1 aromatic rings. The number of hydrogen-bond acceptors (Lipinski definition) is 2. The Morgan fingerprint density at radius 3 is 2.43 bits per heavy atom. The van der Waals surface area contributed by atoms with E-state index in [9.17, 15) is 0 Å². The Kier molecular flexibility index (Phi) is 3.93. The Hall–Kier alpha value is -0.570. The zero-order valence-corrected chi connectivity index (χ0v) is 10.0. The molecule has 3 nitrogen and oxygen atoms in total. The van der Waals surface area contributed by atoms with Crippen LogP contribution in [-0.4, -0.2) is 14.8 Å². The van der Waals surface area contributed by atoms with Gasteiger partial charge in [0.25, 0.3) is 0 Å². The van der Waals surface area contributed by atoms with Crippen molar-refractivity contribution in [3.05, 3.63) is 11.1 Å². The quantitative estimate of drug-likeness (QED) is 0.771. The zero-order chi connectivity index (χ0) is 10.7. The van der Waals surface area contributed by atoms with Crippen LogP contribution < -0.4 is 0 Å². The van der Waals surface area contributed by atoms with Crippen molar-refractivity contribution < 1.29 is 0 Å². The second-order valence-corrected chi connectivity index (χ2v) is 4.33. The molecule has 0 N–H and O–H groups in total. The minimum atomic E-state index is 0.370. The SMILES string of the molecule is CCCC(C)n1c(Cl)nnc1C(C)C. The van der Waals surface area contributed by atoms with Crippen molar-refractivity contribution in [1.82, 2.24) is 14.8 Å². The third-order valence-electron chi connectivity index (χ3n) is 2.34. The molecule has 80 valence electrons. The van der Waals surface area contributed by atoms with Crippen LogP contribution in [0.2, 0.25) is 5.28 Å². The second-order valence-electron chi connectivity index (χ2n) is 3.99. The molecule has 0 saturated carbocycles. The summed E-state index contributed by atoms with van der Waals surface area (Å²) >= 11 is 6.01. The maximum absolute atomic E-state index is 6.01. The first-order valence-electron chi connectivity index (χ1n) is 5.18. The smallest absolute Gasteiger partial charge is 0.225 e. The van der Waals surface area contributed by atoms with E-state index in [4.69, 9.17) is 11.6 Å². The average Bonchev–Trinajstić information content (AvgIpc) is 2.47. The van der Waals surface area contributed by atoms with Crippen LogP contribution in [0.3, 0.4) is 0 Å². The molecule has 0 aliphatic carbocycles. The Bertz CT molecular complexity index is 294. The highest BCUT2D eigenvalue weighted by Gasteiger charge is 2.17. The molecular formula is C10H18ClN3. The summed E-state index contributed by atoms with van der Waals surface area (Å²) < 4.78 is 2.04. The molecule has 0 aromatic carbocycles. The van der Waals surface area contributed by atoms with Gasteiger partial charge in [0.1, 0.15) is 5.82 Å². The molecule has 0 aliphatic rings. The Morgan fingerprint density at radius 1 is 1.29 bits per heavy atom. The molecule has 4 heteroatoms. The molecule has 1 heterocycles. The van der Waals surface area contributed by atoms with Gasteiger partial charge in [-0.3, -0.25) is 4.57 Å². The van der Waals surface area contributed by atoms with Gasteiger partial charge in [0, 0.05) is 12.0 Å². The number of halogens is 1. The fraction of sp³-hybridized carbons (Fsp3) is 0.800. The first kappa shape index (κ1) is 11.5. The van der Waals surface area contributed by atoms with Gasteiger partial charge in [-0.1, -0.05) is 27.2 Å². The van der Waals surface area contributed by atoms with E-state index in [1.165, 1.54) is 0 Å². The lowest BCUT2D eigenvalue weighted by Crippen LogP contribution is -2.10. The van der Waals surface area contributed by atoms with Crippen molar-refractivity contribution in [3.8, 4) is 0 Å². The van der Waals surface area contributed by atoms with E-state index in [-0.39, 0.29) is 0 Å². The Balaban J connectivity index is 2.98. The van der Waals surface area contributed by atoms with Crippen LogP contribution >= 0.6 is 11.6 Å². The third kappa shape index (κ3) is 2.27. The van der Waals surface area contributed by atoms with Crippen molar-refractivity contribution in [3.63, 3.8) is 0 Å². The second kappa shape index (κ2) is 4.78. The highest BCUT2D eigenvalue weighted by Crippen LogP contribution is 2.24. The summed E-state index contributed by atoms with van der Waals surface area (Å²) in [7, 11) is 0. The number of nitrogens with zero attached hydrogens (tertiary/aromatic N) is 3. The first-order chi connectivity index (χ1) is 6.57. The lowest BCUT2D eigenvalue weighted by atomic mass is 10.1. The largest absolute Gasteiger partial charge is 0.299 e. The minimum Gasteiger partial charge on any atom is -0.299 e. The van der Waals surface area contributed by atoms with E-state index >= 15 is 0 Å². The van der Waals surface area contributed by atoms with Crippen LogP contribution in [0.25, 0.3) is 0 Å². The molecule has 0 aliphatic heterocycles. The van der Waals surface area contributed by atoms with Crippen LogP contribution in [0, 0.1) is 0 Å². The number of aromatic nitrogens is 3. The lowest BCUT2D eigenvalue weighted by molar-refractivity contribution is 0.473. The molecule has 0 saturated heterocycles. The van der Waals surface area contributed by atoms with Gasteiger partial charge >= 0.3 is 0 Å². The molecule has 1 atom stereocenters. The van der Waals surface area contributed by atoms with E-state index < -0.39 is 0 Å². The molecule has 14 heavy (non-hydrogen) atoms. The maximum atomic E-state index is 6.01. The summed E-state index contributed by atoms with van der Waals surface area (Å²) in [6, 6.07) is 0.389. The van der Waals surface area contributed by atoms with E-state index in [1.807, 2.05) is 4.57 Å². The molecule has 0 spiro atoms. The van der Waals surface area contributed by atoms with E-state index in [2.05, 4.69) is 37.9 Å². The summed E-state index contributed by atoms with van der Waals surface area (Å²) in [6.45, 7) is 8.54. The van der Waals surface area contributed by atoms with Crippen LogP contribution in [-0.2, 0) is 0 Å². The standard InChI is InChI=1S/C10H18ClN3/c1-5-6-8(4)14-9(7(2)3)12-13-10(14)11/h7-8H,5-6H2,1-4H3. The van der Waals surface area contributed by atoms with Crippen molar-refractivity contribution in [1.29, 1.82) is 0 Å². The zero-order valence-electron chi connectivity index (χ0n) is 9.29. The van der Waals surface area contributed by atoms with Gasteiger partial charge in [0.2, 0.25) is 5.28 Å². The number of hydrogen-bond donors (Lipinski definition) is 0. The molecule has 1 aromatic heterocycles. The predicted octanol–water partition coefficient (Wildman–Crippen LogP) is 3.42. The monoisotopic (exact) mass is 215 g/mol. The van der Waals surface area contributed by atoms with Gasteiger partial charge < -0.3 is 0 Å². The fourth-order valence-electron chi connectivity index (χ4n) is 1.63. The highest BCUT2D eigenvalue weighted by molar-refractivity contribution is 6.28. The molecular weight excluding hydrogens is 198 g/mol. The summed E-state index contributed by atoms with van der Waals surface area (Å²) in [5.74, 6) is 1.35. The topological polar surface area (TPSA) is 30.7 Å². The third-order valence-corrected chi connectivity index (χ3v) is 2.60. The van der Waals surface area contributed by atoms with Crippen LogP contribution in [0.5, 0.6) is 0 Å². The Labute approximate surface area is 90.5 Å². The highest BCUT2D eigenvalue weighted by atomic mass is 35.5. The van der Waals surface area contributed by atoms with Crippen molar-refractivity contribution in [2.45, 2.75) is 52.5 Å². The molecule has 0 fully saturated rings. The average molecular weight is 216 g/mol. The van der Waals surface area contributed by atoms with Crippen LogP contribution in [0.4, 0.5) is 0 Å². The Morgan fingerprint density at radius 2 is 1.93 bits per heavy atom. The van der Waals surface area contributed by atoms with E-state index in [1.54, 1.807) is 0 Å². The van der Waals surface area contributed by atoms with E-state index in [0.717, 1.165) is 18.7 Å². The van der Waals surface area contributed by atoms with Crippen molar-refractivity contribution in [2.75, 3.05) is 0 Å². The molecule has 0 bridgehead atoms. The molecule has 0 amide bonds. The number of rotatable bonds is 4. The van der Waals surface area contributed by atoms with Crippen LogP contribution in [0.1, 0.15) is 58.3 Å². The fourth-order valence-corrected chi connectivity index (χ4v) is 1.92.